The molecule has 0 aliphatic carbocycles. The highest BCUT2D eigenvalue weighted by molar-refractivity contribution is 7.14. The third-order valence-corrected chi connectivity index (χ3v) is 5.20. The zero-order valence-corrected chi connectivity index (χ0v) is 13.4. The van der Waals surface area contributed by atoms with Gasteiger partial charge in [-0.25, -0.2) is 0 Å². The van der Waals surface area contributed by atoms with E-state index in [0.29, 0.717) is 25.0 Å². The molecule has 0 N–H and O–H groups in total. The van der Waals surface area contributed by atoms with E-state index >= 15 is 0 Å². The fraction of sp³-hybridized carbons (Fsp3) is 0.600. The molecule has 0 aromatic carbocycles. The first-order chi connectivity index (χ1) is 10.8. The van der Waals surface area contributed by atoms with Gasteiger partial charge in [0.25, 0.3) is 5.89 Å². The first-order valence-electron chi connectivity index (χ1n) is 7.68. The van der Waals surface area contributed by atoms with E-state index in [1.165, 1.54) is 24.2 Å². The van der Waals surface area contributed by atoms with E-state index in [9.17, 15) is 0 Å². The molecule has 0 saturated carbocycles. The zero-order valence-electron chi connectivity index (χ0n) is 12.6. The van der Waals surface area contributed by atoms with Crippen molar-refractivity contribution in [1.29, 1.82) is 0 Å². The van der Waals surface area contributed by atoms with Crippen LogP contribution in [0.25, 0.3) is 10.8 Å². The Labute approximate surface area is 133 Å². The standard InChI is InChI=1S/C15H19N3O3S/c1-18-4-2-10(3-5-18)8-12-16-15(21-17-12)14-13-11(9-22-14)19-6-7-20-13/h9-10H,2-8H2,1H3. The van der Waals surface area contributed by atoms with Gasteiger partial charge in [-0.05, 0) is 38.9 Å². The molecule has 0 spiro atoms. The predicted molar refractivity (Wildman–Crippen MR) is 82.5 cm³/mol. The van der Waals surface area contributed by atoms with E-state index in [-0.39, 0.29) is 0 Å². The molecule has 4 heterocycles. The summed E-state index contributed by atoms with van der Waals surface area (Å²) in [6, 6.07) is 0. The normalized spacial score (nSPS) is 19.5. The lowest BCUT2D eigenvalue weighted by Gasteiger charge is -2.27. The van der Waals surface area contributed by atoms with E-state index < -0.39 is 0 Å². The second-order valence-corrected chi connectivity index (χ2v) is 6.80. The van der Waals surface area contributed by atoms with Crippen molar-refractivity contribution in [3.05, 3.63) is 11.2 Å². The van der Waals surface area contributed by atoms with Gasteiger partial charge in [0.05, 0.1) is 0 Å². The molecule has 2 aliphatic heterocycles. The maximum Gasteiger partial charge on any atom is 0.271 e. The maximum atomic E-state index is 5.67. The van der Waals surface area contributed by atoms with Gasteiger partial charge in [-0.3, -0.25) is 0 Å². The van der Waals surface area contributed by atoms with Crippen molar-refractivity contribution in [2.24, 2.45) is 5.92 Å². The van der Waals surface area contributed by atoms with Crippen LogP contribution in [-0.4, -0.2) is 48.4 Å². The maximum absolute atomic E-state index is 5.67. The van der Waals surface area contributed by atoms with Crippen LogP contribution in [0.2, 0.25) is 0 Å². The molecule has 4 rings (SSSR count). The lowest BCUT2D eigenvalue weighted by Crippen LogP contribution is -2.31. The van der Waals surface area contributed by atoms with Gasteiger partial charge in [0.1, 0.15) is 18.1 Å². The Morgan fingerprint density at radius 2 is 2.09 bits per heavy atom. The molecule has 22 heavy (non-hydrogen) atoms. The number of aromatic nitrogens is 2. The average Bonchev–Trinajstić information content (AvgIpc) is 3.16. The number of nitrogens with zero attached hydrogens (tertiary/aromatic N) is 3. The highest BCUT2D eigenvalue weighted by atomic mass is 32.1. The van der Waals surface area contributed by atoms with E-state index in [2.05, 4.69) is 22.1 Å². The summed E-state index contributed by atoms with van der Waals surface area (Å²) >= 11 is 1.53. The van der Waals surface area contributed by atoms with Crippen LogP contribution in [0.15, 0.2) is 9.90 Å². The van der Waals surface area contributed by atoms with Crippen molar-refractivity contribution >= 4 is 11.3 Å². The summed E-state index contributed by atoms with van der Waals surface area (Å²) in [5.74, 6) is 3.51. The number of hydrogen-bond donors (Lipinski definition) is 0. The number of ether oxygens (including phenoxy) is 2. The molecule has 2 aromatic heterocycles. The third kappa shape index (κ3) is 2.70. The molecule has 1 saturated heterocycles. The number of hydrogen-bond acceptors (Lipinski definition) is 7. The Bertz CT molecular complexity index is 646. The fourth-order valence-corrected chi connectivity index (χ4v) is 3.81. The summed E-state index contributed by atoms with van der Waals surface area (Å²) in [7, 11) is 2.17. The lowest BCUT2D eigenvalue weighted by atomic mass is 9.94. The van der Waals surface area contributed by atoms with Gasteiger partial charge in [0, 0.05) is 11.8 Å². The van der Waals surface area contributed by atoms with Crippen LogP contribution in [-0.2, 0) is 6.42 Å². The van der Waals surface area contributed by atoms with Crippen molar-refractivity contribution in [2.75, 3.05) is 33.4 Å². The topological polar surface area (TPSA) is 60.6 Å². The predicted octanol–water partition coefficient (Wildman–Crippen LogP) is 2.45. The van der Waals surface area contributed by atoms with Crippen molar-refractivity contribution in [2.45, 2.75) is 19.3 Å². The third-order valence-electron chi connectivity index (χ3n) is 4.27. The summed E-state index contributed by atoms with van der Waals surface area (Å²) in [6.07, 6.45) is 3.29. The molecule has 0 atom stereocenters. The molecule has 0 unspecified atom stereocenters. The van der Waals surface area contributed by atoms with Crippen LogP contribution in [0.1, 0.15) is 18.7 Å². The molecule has 6 nitrogen and oxygen atoms in total. The van der Waals surface area contributed by atoms with Crippen LogP contribution in [0.4, 0.5) is 0 Å². The van der Waals surface area contributed by atoms with E-state index in [0.717, 1.165) is 41.7 Å². The van der Waals surface area contributed by atoms with E-state index in [1.807, 2.05) is 5.38 Å². The van der Waals surface area contributed by atoms with Gasteiger partial charge in [0.2, 0.25) is 0 Å². The number of piperidine rings is 1. The first kappa shape index (κ1) is 14.0. The molecule has 0 radical (unpaired) electrons. The van der Waals surface area contributed by atoms with Crippen LogP contribution in [0.3, 0.4) is 0 Å². The van der Waals surface area contributed by atoms with E-state index in [4.69, 9.17) is 14.0 Å². The fourth-order valence-electron chi connectivity index (χ4n) is 2.96. The van der Waals surface area contributed by atoms with Crippen molar-refractivity contribution in [3.63, 3.8) is 0 Å². The molecular weight excluding hydrogens is 302 g/mol. The minimum Gasteiger partial charge on any atom is -0.485 e. The Kier molecular flexibility index (Phi) is 3.75. The molecular formula is C15H19N3O3S. The summed E-state index contributed by atoms with van der Waals surface area (Å²) in [5.41, 5.74) is 0. The Hall–Kier alpha value is -1.60. The second kappa shape index (κ2) is 5.89. The van der Waals surface area contributed by atoms with Crippen LogP contribution in [0, 0.1) is 5.92 Å². The van der Waals surface area contributed by atoms with Gasteiger partial charge in [-0.15, -0.1) is 11.3 Å². The Morgan fingerprint density at radius 1 is 1.27 bits per heavy atom. The molecule has 118 valence electrons. The highest BCUT2D eigenvalue weighted by Crippen LogP contribution is 2.44. The quantitative estimate of drug-likeness (QED) is 0.865. The zero-order chi connectivity index (χ0) is 14.9. The van der Waals surface area contributed by atoms with Gasteiger partial charge in [-0.1, -0.05) is 5.16 Å². The largest absolute Gasteiger partial charge is 0.485 e. The highest BCUT2D eigenvalue weighted by Gasteiger charge is 2.25. The molecule has 2 aliphatic rings. The van der Waals surface area contributed by atoms with E-state index in [1.54, 1.807) is 0 Å². The SMILES string of the molecule is CN1CCC(Cc2noc(-c3scc4c3OCCO4)n2)CC1. The molecule has 2 aromatic rings. The van der Waals surface area contributed by atoms with Crippen molar-refractivity contribution in [3.8, 4) is 22.3 Å². The minimum absolute atomic E-state index is 0.541. The number of likely N-dealkylation sites (tertiary alicyclic amines) is 1. The number of rotatable bonds is 3. The number of thiophene rings is 1. The first-order valence-corrected chi connectivity index (χ1v) is 8.56. The lowest BCUT2D eigenvalue weighted by molar-refractivity contribution is 0.174. The van der Waals surface area contributed by atoms with Gasteiger partial charge in [0.15, 0.2) is 17.3 Å². The summed E-state index contributed by atoms with van der Waals surface area (Å²) in [6.45, 7) is 3.46. The average molecular weight is 321 g/mol. The monoisotopic (exact) mass is 321 g/mol. The van der Waals surface area contributed by atoms with Crippen molar-refractivity contribution < 1.29 is 14.0 Å². The Balaban J connectivity index is 1.48. The van der Waals surface area contributed by atoms with Crippen LogP contribution >= 0.6 is 11.3 Å². The van der Waals surface area contributed by atoms with Gasteiger partial charge < -0.3 is 18.9 Å². The number of fused-ring (bicyclic) bond motifs is 1. The second-order valence-electron chi connectivity index (χ2n) is 5.92. The molecule has 1 fully saturated rings. The van der Waals surface area contributed by atoms with Crippen molar-refractivity contribution in [1.82, 2.24) is 15.0 Å². The summed E-state index contributed by atoms with van der Waals surface area (Å²) < 4.78 is 16.7. The van der Waals surface area contributed by atoms with Gasteiger partial charge >= 0.3 is 0 Å². The minimum atomic E-state index is 0.541. The van der Waals surface area contributed by atoms with Crippen LogP contribution < -0.4 is 9.47 Å². The Morgan fingerprint density at radius 3 is 2.95 bits per heavy atom. The molecule has 7 heteroatoms. The summed E-state index contributed by atoms with van der Waals surface area (Å²) in [5, 5.41) is 6.08. The molecule has 0 amide bonds. The summed E-state index contributed by atoms with van der Waals surface area (Å²) in [4.78, 5) is 7.80. The molecule has 0 bridgehead atoms. The van der Waals surface area contributed by atoms with Gasteiger partial charge in [-0.2, -0.15) is 4.98 Å². The smallest absolute Gasteiger partial charge is 0.271 e. The van der Waals surface area contributed by atoms with Crippen LogP contribution in [0.5, 0.6) is 11.5 Å².